The molecule has 0 bridgehead atoms. The molecule has 2 unspecified atom stereocenters. The third-order valence-electron chi connectivity index (χ3n) is 4.72. The van der Waals surface area contributed by atoms with Crippen molar-refractivity contribution in [2.24, 2.45) is 11.8 Å². The molecule has 0 rings (SSSR count). The van der Waals surface area contributed by atoms with Gasteiger partial charge in [-0.1, -0.05) is 40.7 Å². The minimum absolute atomic E-state index is 0.0936. The summed E-state index contributed by atoms with van der Waals surface area (Å²) >= 11 is 0. The van der Waals surface area contributed by atoms with Crippen LogP contribution >= 0.6 is 0 Å². The highest BCUT2D eigenvalue weighted by atomic mass is 28.4. The van der Waals surface area contributed by atoms with E-state index in [4.69, 9.17) is 0 Å². The van der Waals surface area contributed by atoms with Crippen LogP contribution in [0.5, 0.6) is 0 Å². The zero-order valence-corrected chi connectivity index (χ0v) is 15.2. The Hall–Kier alpha value is -0.443. The van der Waals surface area contributed by atoms with Gasteiger partial charge in [-0.15, -0.1) is 6.58 Å². The summed E-state index contributed by atoms with van der Waals surface area (Å²) in [6.07, 6.45) is 4.57. The topological polar surface area (TPSA) is 17.1 Å². The summed E-state index contributed by atoms with van der Waals surface area (Å²) in [6.45, 7) is 15.5. The lowest BCUT2D eigenvalue weighted by atomic mass is 9.94. The number of hydrogen-bond acceptors (Lipinski definition) is 1. The molecule has 1 nitrogen and oxygen atoms in total. The van der Waals surface area contributed by atoms with Crippen molar-refractivity contribution < 1.29 is 8.90 Å². The third-order valence-corrected chi connectivity index (χ3v) is 9.77. The van der Waals surface area contributed by atoms with E-state index in [1.165, 1.54) is 0 Å². The van der Waals surface area contributed by atoms with Gasteiger partial charge in [0.05, 0.1) is 0 Å². The zero-order valence-electron chi connectivity index (χ0n) is 14.2. The average molecular weight is 301 g/mol. The first-order valence-corrected chi connectivity index (χ1v) is 10.2. The number of allylic oxidation sites excluding steroid dienone is 1. The normalized spacial score (nSPS) is 15.4. The summed E-state index contributed by atoms with van der Waals surface area (Å²) in [5, 5.41) is 0. The van der Waals surface area contributed by atoms with Gasteiger partial charge in [-0.25, -0.2) is 0 Å². The second kappa shape index (κ2) is 8.76. The Balaban J connectivity index is 4.74. The van der Waals surface area contributed by atoms with Crippen molar-refractivity contribution in [3.8, 4) is 0 Å². The van der Waals surface area contributed by atoms with Gasteiger partial charge < -0.3 is 4.11 Å². The molecule has 0 aliphatic heterocycles. The first-order chi connectivity index (χ1) is 9.15. The highest BCUT2D eigenvalue weighted by molar-refractivity contribution is 6.75. The van der Waals surface area contributed by atoms with Crippen LogP contribution in [0.1, 0.15) is 60.8 Å². The van der Waals surface area contributed by atoms with E-state index in [9.17, 15) is 4.79 Å². The molecule has 2 atom stereocenters. The fourth-order valence-electron chi connectivity index (χ4n) is 2.81. The molecule has 0 N–H and O–H groups in total. The van der Waals surface area contributed by atoms with E-state index >= 15 is 4.11 Å². The van der Waals surface area contributed by atoms with Crippen molar-refractivity contribution in [1.82, 2.24) is 0 Å². The van der Waals surface area contributed by atoms with E-state index in [2.05, 4.69) is 6.58 Å². The lowest BCUT2D eigenvalue weighted by Crippen LogP contribution is -2.38. The molecule has 0 aromatic heterocycles. The quantitative estimate of drug-likeness (QED) is 0.278. The monoisotopic (exact) mass is 300 g/mol. The fraction of sp³-hybridized carbons (Fsp3) is 0.824. The van der Waals surface area contributed by atoms with E-state index in [1.807, 2.05) is 40.7 Å². The van der Waals surface area contributed by atoms with Gasteiger partial charge in [0.15, 0.2) is 0 Å². The van der Waals surface area contributed by atoms with Gasteiger partial charge in [0.25, 0.3) is 8.41 Å². The van der Waals surface area contributed by atoms with E-state index in [0.29, 0.717) is 12.0 Å². The smallest absolute Gasteiger partial charge is 0.252 e. The lowest BCUT2D eigenvalue weighted by molar-refractivity contribution is -0.120. The predicted molar refractivity (Wildman–Crippen MR) is 89.2 cm³/mol. The van der Waals surface area contributed by atoms with Crippen LogP contribution in [-0.2, 0) is 4.79 Å². The van der Waals surface area contributed by atoms with E-state index in [-0.39, 0.29) is 22.8 Å². The van der Waals surface area contributed by atoms with Crippen LogP contribution < -0.4 is 0 Å². The highest BCUT2D eigenvalue weighted by Gasteiger charge is 2.42. The number of rotatable bonds is 10. The molecule has 0 radical (unpaired) electrons. The van der Waals surface area contributed by atoms with Crippen LogP contribution in [0.3, 0.4) is 0 Å². The Labute approximate surface area is 126 Å². The number of hydrogen-bond donors (Lipinski definition) is 0. The molecule has 0 aromatic carbocycles. The van der Waals surface area contributed by atoms with Gasteiger partial charge in [-0.3, -0.25) is 4.79 Å². The van der Waals surface area contributed by atoms with Crippen molar-refractivity contribution in [2.75, 3.05) is 0 Å². The molecule has 0 aliphatic rings. The van der Waals surface area contributed by atoms with Crippen molar-refractivity contribution in [1.29, 1.82) is 0 Å². The third kappa shape index (κ3) is 5.90. The van der Waals surface area contributed by atoms with E-state index in [1.54, 1.807) is 6.92 Å². The zero-order chi connectivity index (χ0) is 15.9. The largest absolute Gasteiger partial charge is 0.313 e. The molecule has 20 heavy (non-hydrogen) atoms. The number of carbonyl (C=O) groups excluding carboxylic acids is 1. The predicted octanol–water partition coefficient (Wildman–Crippen LogP) is 5.92. The van der Waals surface area contributed by atoms with E-state index < -0.39 is 8.41 Å². The Morgan fingerprint density at radius 3 is 2.00 bits per heavy atom. The number of halogens is 1. The van der Waals surface area contributed by atoms with E-state index in [0.717, 1.165) is 19.3 Å². The molecule has 0 spiro atoms. The van der Waals surface area contributed by atoms with Crippen LogP contribution in [0, 0.1) is 11.8 Å². The number of ketones is 1. The van der Waals surface area contributed by atoms with Crippen LogP contribution in [0.4, 0.5) is 4.11 Å². The van der Waals surface area contributed by atoms with Gasteiger partial charge in [-0.2, -0.15) is 0 Å². The van der Waals surface area contributed by atoms with Gasteiger partial charge in [0.1, 0.15) is 5.78 Å². The molecule has 0 fully saturated rings. The first-order valence-electron chi connectivity index (χ1n) is 7.95. The van der Waals surface area contributed by atoms with Crippen LogP contribution in [-0.4, -0.2) is 14.2 Å². The molecule has 0 saturated heterocycles. The van der Waals surface area contributed by atoms with Gasteiger partial charge in [0.2, 0.25) is 0 Å². The lowest BCUT2D eigenvalue weighted by Gasteiger charge is -2.33. The second-order valence-electron chi connectivity index (χ2n) is 6.92. The maximum atomic E-state index is 15.3. The van der Waals surface area contributed by atoms with Gasteiger partial charge >= 0.3 is 0 Å². The van der Waals surface area contributed by atoms with Crippen molar-refractivity contribution >= 4 is 14.2 Å². The molecule has 118 valence electrons. The van der Waals surface area contributed by atoms with Crippen molar-refractivity contribution in [2.45, 2.75) is 77.9 Å². The molecular weight excluding hydrogens is 267 g/mol. The summed E-state index contributed by atoms with van der Waals surface area (Å²) in [5.41, 5.74) is 0.306. The second-order valence-corrected chi connectivity index (χ2v) is 11.5. The fourth-order valence-corrected chi connectivity index (χ4v) is 6.34. The summed E-state index contributed by atoms with van der Waals surface area (Å²) in [6, 6.07) is 0.707. The Morgan fingerprint density at radius 2 is 1.65 bits per heavy atom. The molecule has 0 aliphatic carbocycles. The number of carbonyl (C=O) groups is 1. The first kappa shape index (κ1) is 19.6. The molecular formula is C17H33FOSi. The SMILES string of the molecule is C=CCC(CCC(C)C(C)=O)C[Si](F)(C(C)C)C(C)C. The van der Waals surface area contributed by atoms with Crippen LogP contribution in [0.25, 0.3) is 0 Å². The molecule has 3 heteroatoms. The molecule has 0 saturated carbocycles. The van der Waals surface area contributed by atoms with Crippen molar-refractivity contribution in [3.63, 3.8) is 0 Å². The average Bonchev–Trinajstić information content (AvgIpc) is 2.34. The van der Waals surface area contributed by atoms with Crippen LogP contribution in [0.15, 0.2) is 12.7 Å². The Morgan fingerprint density at radius 1 is 1.15 bits per heavy atom. The number of Topliss-reactive ketones (excluding diaryl/α,β-unsaturated/α-hetero) is 1. The molecule has 0 amide bonds. The summed E-state index contributed by atoms with van der Waals surface area (Å²) in [7, 11) is -2.74. The standard InChI is InChI=1S/C17H33FOSi/c1-8-9-17(11-10-15(6)16(7)19)12-20(18,13(2)3)14(4)5/h8,13-15,17H,1,9-12H2,2-7H3. The minimum Gasteiger partial charge on any atom is -0.313 e. The summed E-state index contributed by atoms with van der Waals surface area (Å²) in [4.78, 5) is 11.3. The Bertz CT molecular complexity index is 304. The summed E-state index contributed by atoms with van der Waals surface area (Å²) < 4.78 is 15.3. The van der Waals surface area contributed by atoms with Gasteiger partial charge in [0, 0.05) is 5.92 Å². The van der Waals surface area contributed by atoms with Crippen molar-refractivity contribution in [3.05, 3.63) is 12.7 Å². The van der Waals surface area contributed by atoms with Crippen LogP contribution in [0.2, 0.25) is 17.1 Å². The maximum Gasteiger partial charge on any atom is 0.252 e. The highest BCUT2D eigenvalue weighted by Crippen LogP contribution is 2.41. The molecule has 0 heterocycles. The molecule has 0 aromatic rings. The minimum atomic E-state index is -2.74. The maximum absolute atomic E-state index is 15.3. The summed E-state index contributed by atoms with van der Waals surface area (Å²) in [5.74, 6) is 0.672. The Kier molecular flexibility index (Phi) is 8.56. The van der Waals surface area contributed by atoms with Gasteiger partial charge in [-0.05, 0) is 49.2 Å².